The molecule has 1 aromatic rings. The molecule has 1 fully saturated rings. The Hall–Kier alpha value is -1.58. The highest BCUT2D eigenvalue weighted by molar-refractivity contribution is 7.28. The zero-order chi connectivity index (χ0) is 15.9. The van der Waals surface area contributed by atoms with Gasteiger partial charge < -0.3 is 19.8 Å². The maximum absolute atomic E-state index is 11.2. The average Bonchev–Trinajstić information content (AvgIpc) is 2.47. The lowest BCUT2D eigenvalue weighted by molar-refractivity contribution is -0.132. The summed E-state index contributed by atoms with van der Waals surface area (Å²) in [5, 5.41) is 10.4. The summed E-state index contributed by atoms with van der Waals surface area (Å²) in [6, 6.07) is 4.30. The number of nitrogens with zero attached hydrogens (tertiary/aromatic N) is 3. The van der Waals surface area contributed by atoms with E-state index in [0.717, 1.165) is 42.7 Å². The molecule has 5 nitrogen and oxygen atoms in total. The van der Waals surface area contributed by atoms with Crippen LogP contribution in [-0.4, -0.2) is 56.3 Å². The van der Waals surface area contributed by atoms with Gasteiger partial charge in [-0.05, 0) is 30.0 Å². The van der Waals surface area contributed by atoms with Crippen LogP contribution in [0.1, 0.15) is 5.56 Å². The van der Waals surface area contributed by atoms with E-state index in [1.54, 1.807) is 6.20 Å². The van der Waals surface area contributed by atoms with Gasteiger partial charge in [-0.15, -0.1) is 9.24 Å². The monoisotopic (exact) mass is 319 g/mol. The van der Waals surface area contributed by atoms with Crippen LogP contribution in [0.3, 0.4) is 0 Å². The molecule has 1 aromatic carbocycles. The van der Waals surface area contributed by atoms with E-state index in [-0.39, 0.29) is 0 Å². The van der Waals surface area contributed by atoms with E-state index in [2.05, 4.69) is 38.2 Å². The molecule has 0 saturated carbocycles. The Morgan fingerprint density at radius 3 is 2.45 bits per heavy atom. The fourth-order valence-electron chi connectivity index (χ4n) is 3.12. The van der Waals surface area contributed by atoms with Crippen LogP contribution >= 0.6 is 9.24 Å². The van der Waals surface area contributed by atoms with E-state index in [1.807, 2.05) is 11.9 Å². The van der Waals surface area contributed by atoms with Crippen molar-refractivity contribution in [1.82, 2.24) is 4.90 Å². The van der Waals surface area contributed by atoms with Crippen LogP contribution in [0.15, 0.2) is 23.9 Å². The van der Waals surface area contributed by atoms with Gasteiger partial charge in [-0.25, -0.2) is 4.79 Å². The summed E-state index contributed by atoms with van der Waals surface area (Å²) >= 11 is 0. The Bertz CT molecular complexity index is 637. The van der Waals surface area contributed by atoms with E-state index >= 15 is 0 Å². The van der Waals surface area contributed by atoms with Gasteiger partial charge in [0.15, 0.2) is 0 Å². The van der Waals surface area contributed by atoms with Crippen molar-refractivity contribution in [3.63, 3.8) is 0 Å². The average molecular weight is 319 g/mol. The van der Waals surface area contributed by atoms with Crippen molar-refractivity contribution >= 4 is 31.9 Å². The van der Waals surface area contributed by atoms with E-state index in [1.165, 1.54) is 5.69 Å². The zero-order valence-electron chi connectivity index (χ0n) is 13.0. The van der Waals surface area contributed by atoms with Crippen LogP contribution in [0.2, 0.25) is 0 Å². The second-order valence-corrected chi connectivity index (χ2v) is 6.70. The molecule has 0 aromatic heterocycles. The van der Waals surface area contributed by atoms with Gasteiger partial charge in [-0.1, -0.05) is 0 Å². The first-order valence-corrected chi connectivity index (χ1v) is 8.06. The predicted molar refractivity (Wildman–Crippen MR) is 93.3 cm³/mol. The molecule has 0 bridgehead atoms. The van der Waals surface area contributed by atoms with E-state index < -0.39 is 5.97 Å². The van der Waals surface area contributed by atoms with E-state index in [0.29, 0.717) is 12.0 Å². The summed E-state index contributed by atoms with van der Waals surface area (Å²) < 4.78 is 0. The summed E-state index contributed by atoms with van der Waals surface area (Å²) in [6.45, 7) is 4.19. The highest BCUT2D eigenvalue weighted by Crippen LogP contribution is 2.32. The van der Waals surface area contributed by atoms with Crippen LogP contribution in [0.25, 0.3) is 0 Å². The second-order valence-electron chi connectivity index (χ2n) is 6.08. The molecule has 0 radical (unpaired) electrons. The summed E-state index contributed by atoms with van der Waals surface area (Å²) in [5.41, 5.74) is 3.85. The normalized spacial score (nSPS) is 19.0. The molecule has 1 atom stereocenters. The number of fused-ring (bicyclic) bond motifs is 1. The quantitative estimate of drug-likeness (QED) is 0.821. The van der Waals surface area contributed by atoms with E-state index in [4.69, 9.17) is 0 Å². The number of hydrogen-bond donors (Lipinski definition) is 1. The number of anilines is 2. The highest BCUT2D eigenvalue weighted by Gasteiger charge is 2.23. The molecule has 2 aliphatic heterocycles. The molecule has 0 spiro atoms. The molecule has 1 unspecified atom stereocenters. The number of carbonyl (C=O) groups is 1. The fourth-order valence-corrected chi connectivity index (χ4v) is 3.58. The molecule has 1 N–H and O–H groups in total. The fraction of sp³-hybridized carbons (Fsp3) is 0.438. The number of hydrogen-bond acceptors (Lipinski definition) is 4. The van der Waals surface area contributed by atoms with Gasteiger partial charge in [-0.3, -0.25) is 0 Å². The predicted octanol–water partition coefficient (Wildman–Crippen LogP) is 0.900. The van der Waals surface area contributed by atoms with Crippen molar-refractivity contribution in [2.24, 2.45) is 0 Å². The van der Waals surface area contributed by atoms with Crippen LogP contribution < -0.4 is 15.1 Å². The van der Waals surface area contributed by atoms with Gasteiger partial charge in [0.1, 0.15) is 0 Å². The summed E-state index contributed by atoms with van der Waals surface area (Å²) in [6.07, 6.45) is 2.21. The number of benzene rings is 1. The van der Waals surface area contributed by atoms with Gasteiger partial charge >= 0.3 is 5.97 Å². The van der Waals surface area contributed by atoms with Crippen LogP contribution in [0.5, 0.6) is 0 Å². The van der Waals surface area contributed by atoms with Gasteiger partial charge in [0.05, 0.1) is 5.57 Å². The Morgan fingerprint density at radius 2 is 1.82 bits per heavy atom. The number of rotatable bonds is 2. The third-order valence-corrected chi connectivity index (χ3v) is 4.92. The zero-order valence-corrected chi connectivity index (χ0v) is 14.2. The maximum Gasteiger partial charge on any atom is 0.333 e. The lowest BCUT2D eigenvalue weighted by Gasteiger charge is -2.36. The van der Waals surface area contributed by atoms with Crippen LogP contribution in [0, 0.1) is 0 Å². The molecule has 2 aliphatic rings. The van der Waals surface area contributed by atoms with Crippen molar-refractivity contribution in [3.05, 3.63) is 29.5 Å². The number of likely N-dealkylation sites (N-methyl/N-ethyl adjacent to an activating group) is 1. The van der Waals surface area contributed by atoms with E-state index in [9.17, 15) is 9.90 Å². The molecular weight excluding hydrogens is 297 g/mol. The molecule has 1 saturated heterocycles. The Kier molecular flexibility index (Phi) is 4.11. The lowest BCUT2D eigenvalue weighted by atomic mass is 9.99. The maximum atomic E-state index is 11.2. The van der Waals surface area contributed by atoms with Gasteiger partial charge in [-0.2, -0.15) is 0 Å². The molecule has 0 aliphatic carbocycles. The number of carboxylic acids is 1. The minimum Gasteiger partial charge on any atom is -0.478 e. The first kappa shape index (κ1) is 15.3. The minimum atomic E-state index is -0.842. The van der Waals surface area contributed by atoms with Crippen molar-refractivity contribution in [2.75, 3.05) is 50.1 Å². The molecule has 0 amide bonds. The van der Waals surface area contributed by atoms with Gasteiger partial charge in [0.2, 0.25) is 0 Å². The third-order valence-electron chi connectivity index (χ3n) is 4.46. The van der Waals surface area contributed by atoms with Crippen LogP contribution in [-0.2, 0) is 11.2 Å². The number of piperazine rings is 1. The standard InChI is InChI=1S/C16H22N3O2P/c1-17-3-5-19(6-4-17)14-9-13-11(8-15(14)22)7-12(16(20)21)10-18(13)2/h8-10H,3-7,22H2,1-2H3,(H,20,21). The minimum absolute atomic E-state index is 0.437. The van der Waals surface area contributed by atoms with Crippen molar-refractivity contribution in [3.8, 4) is 0 Å². The summed E-state index contributed by atoms with van der Waals surface area (Å²) in [5.74, 6) is -0.842. The summed E-state index contributed by atoms with van der Waals surface area (Å²) in [4.78, 5) is 17.9. The Balaban J connectivity index is 1.92. The third kappa shape index (κ3) is 2.83. The molecule has 6 heteroatoms. The van der Waals surface area contributed by atoms with Gasteiger partial charge in [0.25, 0.3) is 0 Å². The molecule has 118 valence electrons. The van der Waals surface area contributed by atoms with Crippen molar-refractivity contribution < 1.29 is 9.90 Å². The molecule has 2 heterocycles. The van der Waals surface area contributed by atoms with Crippen molar-refractivity contribution in [1.29, 1.82) is 0 Å². The SMILES string of the molecule is CN1CCN(c2cc3c(cc2P)CC(C(=O)O)=CN3C)CC1. The Labute approximate surface area is 133 Å². The van der Waals surface area contributed by atoms with Crippen molar-refractivity contribution in [2.45, 2.75) is 6.42 Å². The molecule has 3 rings (SSSR count). The molecule has 22 heavy (non-hydrogen) atoms. The van der Waals surface area contributed by atoms with Crippen LogP contribution in [0.4, 0.5) is 11.4 Å². The number of carboxylic acid groups (broad SMARTS) is 1. The molecular formula is C16H22N3O2P. The largest absolute Gasteiger partial charge is 0.478 e. The first-order valence-electron chi connectivity index (χ1n) is 7.48. The first-order chi connectivity index (χ1) is 10.5. The summed E-state index contributed by atoms with van der Waals surface area (Å²) in [7, 11) is 6.87. The van der Waals surface area contributed by atoms with Gasteiger partial charge in [0, 0.05) is 57.2 Å². The second kappa shape index (κ2) is 5.90. The lowest BCUT2D eigenvalue weighted by Crippen LogP contribution is -2.45. The smallest absolute Gasteiger partial charge is 0.333 e. The highest BCUT2D eigenvalue weighted by atomic mass is 31.0. The Morgan fingerprint density at radius 1 is 1.14 bits per heavy atom. The topological polar surface area (TPSA) is 47.0 Å². The number of aliphatic carboxylic acids is 1.